The van der Waals surface area contributed by atoms with Crippen LogP contribution in [0.5, 0.6) is 0 Å². The summed E-state index contributed by atoms with van der Waals surface area (Å²) in [6.07, 6.45) is 2.09. The standard InChI is InChI=1S/C54H33N5/c1-2-14-37-31-40(29-24-34(37)13-1)50-51(59-30-12-11-23-49(59)55-50)35-25-27-36(28-26-35)52-56-53(47-32-38-15-3-5-17-41(38)43-19-7-9-21-45(43)47)58-54(57-52)48-33-39-16-4-6-18-42(39)44-20-8-10-22-46(44)48/h1-33H. The molecule has 0 bridgehead atoms. The predicted molar refractivity (Wildman–Crippen MR) is 243 cm³/mol. The van der Waals surface area contributed by atoms with E-state index in [0.717, 1.165) is 66.4 Å². The normalized spacial score (nSPS) is 11.7. The summed E-state index contributed by atoms with van der Waals surface area (Å²) in [6, 6.07) is 68.4. The van der Waals surface area contributed by atoms with Gasteiger partial charge in [-0.25, -0.2) is 19.9 Å². The van der Waals surface area contributed by atoms with E-state index in [9.17, 15) is 0 Å². The van der Waals surface area contributed by atoms with Crippen LogP contribution in [0.2, 0.25) is 0 Å². The quantitative estimate of drug-likeness (QED) is 0.164. The van der Waals surface area contributed by atoms with E-state index in [2.05, 4.69) is 199 Å². The van der Waals surface area contributed by atoms with Crippen LogP contribution in [0.4, 0.5) is 0 Å². The van der Waals surface area contributed by atoms with E-state index in [4.69, 9.17) is 19.9 Å². The van der Waals surface area contributed by atoms with Crippen molar-refractivity contribution in [3.63, 3.8) is 0 Å². The number of rotatable bonds is 5. The van der Waals surface area contributed by atoms with Crippen LogP contribution in [0.15, 0.2) is 200 Å². The molecule has 59 heavy (non-hydrogen) atoms. The Morgan fingerprint density at radius 3 is 1.41 bits per heavy atom. The lowest BCUT2D eigenvalue weighted by molar-refractivity contribution is 1.08. The third-order valence-corrected chi connectivity index (χ3v) is 11.6. The first-order valence-electron chi connectivity index (χ1n) is 19.9. The first-order chi connectivity index (χ1) is 29.2. The van der Waals surface area contributed by atoms with Crippen molar-refractivity contribution in [3.8, 4) is 56.7 Å². The third kappa shape index (κ3) is 5.47. The zero-order valence-electron chi connectivity index (χ0n) is 31.8. The molecule has 0 spiro atoms. The molecule has 12 rings (SSSR count). The zero-order valence-corrected chi connectivity index (χ0v) is 31.8. The average molecular weight is 752 g/mol. The molecule has 3 aromatic heterocycles. The molecule has 0 fully saturated rings. The average Bonchev–Trinajstić information content (AvgIpc) is 3.70. The third-order valence-electron chi connectivity index (χ3n) is 11.6. The Morgan fingerprint density at radius 2 is 0.780 bits per heavy atom. The Balaban J connectivity index is 1.07. The molecule has 0 saturated carbocycles. The summed E-state index contributed by atoms with van der Waals surface area (Å²) in [6.45, 7) is 0. The minimum absolute atomic E-state index is 0.610. The van der Waals surface area contributed by atoms with Gasteiger partial charge in [-0.2, -0.15) is 0 Å². The fraction of sp³-hybridized carbons (Fsp3) is 0. The Labute approximate surface area is 339 Å². The highest BCUT2D eigenvalue weighted by molar-refractivity contribution is 6.15. The highest BCUT2D eigenvalue weighted by atomic mass is 15.0. The van der Waals surface area contributed by atoms with Crippen molar-refractivity contribution in [2.45, 2.75) is 0 Å². The summed E-state index contributed by atoms with van der Waals surface area (Å²) in [5, 5.41) is 11.6. The summed E-state index contributed by atoms with van der Waals surface area (Å²) in [5.74, 6) is 1.88. The number of imidazole rings is 1. The Kier molecular flexibility index (Phi) is 7.47. The minimum atomic E-state index is 0.610. The second kappa shape index (κ2) is 13.3. The van der Waals surface area contributed by atoms with Crippen molar-refractivity contribution in [2.75, 3.05) is 0 Å². The van der Waals surface area contributed by atoms with Gasteiger partial charge < -0.3 is 0 Å². The largest absolute Gasteiger partial charge is 0.299 e. The maximum Gasteiger partial charge on any atom is 0.164 e. The van der Waals surface area contributed by atoms with Gasteiger partial charge in [0.25, 0.3) is 0 Å². The smallest absolute Gasteiger partial charge is 0.164 e. The van der Waals surface area contributed by atoms with Crippen molar-refractivity contribution in [2.24, 2.45) is 0 Å². The molecule has 9 aromatic carbocycles. The van der Waals surface area contributed by atoms with Crippen LogP contribution in [-0.4, -0.2) is 24.3 Å². The van der Waals surface area contributed by atoms with E-state index in [1.165, 1.54) is 32.3 Å². The van der Waals surface area contributed by atoms with Crippen LogP contribution in [0.25, 0.3) is 116 Å². The molecule has 0 saturated heterocycles. The lowest BCUT2D eigenvalue weighted by Gasteiger charge is -2.14. The molecule has 0 aliphatic heterocycles. The predicted octanol–water partition coefficient (Wildman–Crippen LogP) is 13.6. The molecule has 0 radical (unpaired) electrons. The van der Waals surface area contributed by atoms with E-state index < -0.39 is 0 Å². The molecule has 3 heterocycles. The van der Waals surface area contributed by atoms with Crippen molar-refractivity contribution in [3.05, 3.63) is 200 Å². The van der Waals surface area contributed by atoms with Gasteiger partial charge in [0.1, 0.15) is 5.65 Å². The number of benzene rings is 9. The van der Waals surface area contributed by atoms with Gasteiger partial charge >= 0.3 is 0 Å². The Morgan fingerprint density at radius 1 is 0.305 bits per heavy atom. The van der Waals surface area contributed by atoms with Gasteiger partial charge in [0.2, 0.25) is 0 Å². The lowest BCUT2D eigenvalue weighted by atomic mass is 9.96. The summed E-state index contributed by atoms with van der Waals surface area (Å²) in [7, 11) is 0. The van der Waals surface area contributed by atoms with Crippen LogP contribution in [0.3, 0.4) is 0 Å². The molecule has 0 N–H and O–H groups in total. The van der Waals surface area contributed by atoms with E-state index >= 15 is 0 Å². The van der Waals surface area contributed by atoms with Crippen molar-refractivity contribution < 1.29 is 0 Å². The second-order valence-corrected chi connectivity index (χ2v) is 15.1. The van der Waals surface area contributed by atoms with E-state index in [0.29, 0.717) is 17.5 Å². The van der Waals surface area contributed by atoms with Gasteiger partial charge in [0, 0.05) is 34.0 Å². The van der Waals surface area contributed by atoms with Crippen molar-refractivity contribution in [1.82, 2.24) is 24.3 Å². The topological polar surface area (TPSA) is 56.0 Å². The van der Waals surface area contributed by atoms with Gasteiger partial charge in [-0.1, -0.05) is 164 Å². The summed E-state index contributed by atoms with van der Waals surface area (Å²) in [4.78, 5) is 21.1. The molecular formula is C54H33N5. The van der Waals surface area contributed by atoms with Crippen LogP contribution in [0, 0.1) is 0 Å². The van der Waals surface area contributed by atoms with Crippen LogP contribution in [0.1, 0.15) is 0 Å². The number of hydrogen-bond acceptors (Lipinski definition) is 4. The SMILES string of the molecule is c1ccc2cc(-c3nc4ccccn4c3-c3ccc(-c4nc(-c5cc6ccccc6c6ccccc56)nc(-c5cc6ccccc6c6ccccc56)n4)cc3)ccc2c1. The van der Waals surface area contributed by atoms with Gasteiger partial charge in [-0.15, -0.1) is 0 Å². The van der Waals surface area contributed by atoms with Crippen LogP contribution >= 0.6 is 0 Å². The monoisotopic (exact) mass is 751 g/mol. The molecule has 0 amide bonds. The highest BCUT2D eigenvalue weighted by Gasteiger charge is 2.20. The summed E-state index contributed by atoms with van der Waals surface area (Å²) >= 11 is 0. The second-order valence-electron chi connectivity index (χ2n) is 15.1. The molecule has 5 nitrogen and oxygen atoms in total. The highest BCUT2D eigenvalue weighted by Crippen LogP contribution is 2.39. The first kappa shape index (κ1) is 33.2. The first-order valence-corrected chi connectivity index (χ1v) is 19.9. The molecule has 12 aromatic rings. The van der Waals surface area contributed by atoms with E-state index in [1.54, 1.807) is 0 Å². The molecule has 5 heteroatoms. The molecule has 0 unspecified atom stereocenters. The number of aromatic nitrogens is 5. The van der Waals surface area contributed by atoms with E-state index in [-0.39, 0.29) is 0 Å². The van der Waals surface area contributed by atoms with Crippen molar-refractivity contribution >= 4 is 59.5 Å². The fourth-order valence-corrected chi connectivity index (χ4v) is 8.81. The van der Waals surface area contributed by atoms with Crippen LogP contribution in [-0.2, 0) is 0 Å². The van der Waals surface area contributed by atoms with Gasteiger partial charge in [0.15, 0.2) is 17.5 Å². The number of pyridine rings is 1. The van der Waals surface area contributed by atoms with Crippen molar-refractivity contribution in [1.29, 1.82) is 0 Å². The Bertz CT molecular complexity index is 3490. The molecule has 274 valence electrons. The molecular weight excluding hydrogens is 719 g/mol. The fourth-order valence-electron chi connectivity index (χ4n) is 8.81. The minimum Gasteiger partial charge on any atom is -0.299 e. The summed E-state index contributed by atoms with van der Waals surface area (Å²) in [5.41, 5.74) is 7.82. The van der Waals surface area contributed by atoms with Gasteiger partial charge in [0.05, 0.1) is 11.4 Å². The van der Waals surface area contributed by atoms with E-state index in [1.807, 2.05) is 6.07 Å². The maximum atomic E-state index is 5.34. The Hall–Kier alpha value is -8.02. The maximum absolute atomic E-state index is 5.34. The molecule has 0 aliphatic carbocycles. The lowest BCUT2D eigenvalue weighted by Crippen LogP contribution is -2.01. The molecule has 0 aliphatic rings. The number of fused-ring (bicyclic) bond motifs is 8. The number of hydrogen-bond donors (Lipinski definition) is 0. The zero-order chi connectivity index (χ0) is 38.9. The van der Waals surface area contributed by atoms with Crippen LogP contribution < -0.4 is 0 Å². The van der Waals surface area contributed by atoms with Gasteiger partial charge in [-0.05, 0) is 84.2 Å². The number of nitrogens with zero attached hydrogens (tertiary/aromatic N) is 5. The summed E-state index contributed by atoms with van der Waals surface area (Å²) < 4.78 is 2.17. The molecule has 0 atom stereocenters. The van der Waals surface area contributed by atoms with Gasteiger partial charge in [-0.3, -0.25) is 4.40 Å².